The highest BCUT2D eigenvalue weighted by atomic mass is 14.6. The molecule has 0 aromatic carbocycles. The van der Waals surface area contributed by atoms with Crippen molar-refractivity contribution in [3.63, 3.8) is 0 Å². The molecule has 0 radical (unpaired) electrons. The fraction of sp³-hybridized carbons (Fsp3) is 0.182. The molecule has 1 aromatic rings. The van der Waals surface area contributed by atoms with Gasteiger partial charge in [-0.2, -0.15) is 0 Å². The van der Waals surface area contributed by atoms with Crippen LogP contribution in [0.15, 0.2) is 30.0 Å². The largest absolute Gasteiger partial charge is 0.256 e. The minimum absolute atomic E-state index is 0.943. The summed E-state index contributed by atoms with van der Waals surface area (Å²) in [6.07, 6.45) is 5.80. The molecule has 1 rings (SSSR count). The van der Waals surface area contributed by atoms with Crippen molar-refractivity contribution in [2.45, 2.75) is 13.8 Å². The second kappa shape index (κ2) is 3.86. The van der Waals surface area contributed by atoms with Crippen molar-refractivity contribution in [1.29, 1.82) is 0 Å². The van der Waals surface area contributed by atoms with Gasteiger partial charge in [0, 0.05) is 6.20 Å². The molecule has 0 atom stereocenters. The Morgan fingerprint density at radius 3 is 2.83 bits per heavy atom. The van der Waals surface area contributed by atoms with Gasteiger partial charge in [-0.3, -0.25) is 4.98 Å². The van der Waals surface area contributed by atoms with Crippen LogP contribution in [-0.4, -0.2) is 4.98 Å². The van der Waals surface area contributed by atoms with Crippen LogP contribution in [0.3, 0.4) is 0 Å². The summed E-state index contributed by atoms with van der Waals surface area (Å²) in [4.78, 5) is 4.19. The molecular formula is C11H13N. The summed E-state index contributed by atoms with van der Waals surface area (Å²) in [7, 11) is 0. The Bertz CT molecular complexity index is 384. The molecule has 0 aliphatic heterocycles. The van der Waals surface area contributed by atoms with Crippen LogP contribution in [0.2, 0.25) is 0 Å². The summed E-state index contributed by atoms with van der Waals surface area (Å²) in [5, 5.41) is 1.91. The molecule has 0 unspecified atom stereocenters. The molecule has 0 saturated carbocycles. The van der Waals surface area contributed by atoms with E-state index >= 15 is 0 Å². The van der Waals surface area contributed by atoms with E-state index in [2.05, 4.69) is 25.4 Å². The minimum Gasteiger partial charge on any atom is -0.256 e. The lowest BCUT2D eigenvalue weighted by molar-refractivity contribution is 1.22. The van der Waals surface area contributed by atoms with Crippen molar-refractivity contribution in [3.05, 3.63) is 40.5 Å². The van der Waals surface area contributed by atoms with Crippen LogP contribution < -0.4 is 10.6 Å². The molecule has 12 heavy (non-hydrogen) atoms. The van der Waals surface area contributed by atoms with E-state index in [1.54, 1.807) is 6.20 Å². The molecule has 0 aliphatic rings. The Morgan fingerprint density at radius 2 is 2.25 bits per heavy atom. The van der Waals surface area contributed by atoms with Crippen molar-refractivity contribution < 1.29 is 0 Å². The zero-order valence-electron chi connectivity index (χ0n) is 7.54. The van der Waals surface area contributed by atoms with Crippen molar-refractivity contribution >= 4 is 12.7 Å². The van der Waals surface area contributed by atoms with Gasteiger partial charge in [0.1, 0.15) is 0 Å². The standard InChI is InChI=1S/C11H13N/c1-9(2)6-7-11-10(3)5-4-8-12-11/h4-8H,3H2,1-2H3/b11-7+. The summed E-state index contributed by atoms with van der Waals surface area (Å²) in [6, 6.07) is 3.85. The Kier molecular flexibility index (Phi) is 2.81. The number of hydrogen-bond acceptors (Lipinski definition) is 1. The normalized spacial score (nSPS) is 11.3. The highest BCUT2D eigenvalue weighted by molar-refractivity contribution is 5.36. The summed E-state index contributed by atoms with van der Waals surface area (Å²) >= 11 is 0. The molecule has 1 heteroatoms. The van der Waals surface area contributed by atoms with Crippen LogP contribution in [0, 0.1) is 0 Å². The maximum absolute atomic E-state index is 4.19. The first-order valence-electron chi connectivity index (χ1n) is 3.95. The monoisotopic (exact) mass is 159 g/mol. The van der Waals surface area contributed by atoms with Gasteiger partial charge in [0.05, 0.1) is 5.35 Å². The van der Waals surface area contributed by atoms with Gasteiger partial charge in [-0.25, -0.2) is 0 Å². The van der Waals surface area contributed by atoms with Gasteiger partial charge in [-0.15, -0.1) is 0 Å². The predicted octanol–water partition coefficient (Wildman–Crippen LogP) is 1.24. The average Bonchev–Trinajstić information content (AvgIpc) is 2.03. The summed E-state index contributed by atoms with van der Waals surface area (Å²) in [5.74, 6) is 0. The zero-order valence-corrected chi connectivity index (χ0v) is 7.54. The third-order valence-corrected chi connectivity index (χ3v) is 1.50. The quantitative estimate of drug-likeness (QED) is 0.600. The summed E-state index contributed by atoms with van der Waals surface area (Å²) in [6.45, 7) is 7.99. The Balaban J connectivity index is 3.20. The van der Waals surface area contributed by atoms with E-state index in [-0.39, 0.29) is 0 Å². The smallest absolute Gasteiger partial charge is 0.0695 e. The van der Waals surface area contributed by atoms with E-state index in [1.165, 1.54) is 5.57 Å². The van der Waals surface area contributed by atoms with Gasteiger partial charge in [0.2, 0.25) is 0 Å². The Morgan fingerprint density at radius 1 is 1.50 bits per heavy atom. The van der Waals surface area contributed by atoms with E-state index < -0.39 is 0 Å². The van der Waals surface area contributed by atoms with Crippen LogP contribution in [0.4, 0.5) is 0 Å². The maximum Gasteiger partial charge on any atom is 0.0695 e. The number of allylic oxidation sites excluding steroid dienone is 2. The molecule has 0 bridgehead atoms. The second-order valence-corrected chi connectivity index (χ2v) is 2.96. The van der Waals surface area contributed by atoms with Crippen molar-refractivity contribution in [3.8, 4) is 0 Å². The van der Waals surface area contributed by atoms with Crippen LogP contribution >= 0.6 is 0 Å². The van der Waals surface area contributed by atoms with E-state index in [0.717, 1.165) is 10.6 Å². The van der Waals surface area contributed by atoms with Crippen molar-refractivity contribution in [2.24, 2.45) is 0 Å². The molecule has 1 heterocycles. The molecule has 1 aromatic heterocycles. The predicted molar refractivity (Wildman–Crippen MR) is 52.9 cm³/mol. The number of pyridine rings is 1. The van der Waals surface area contributed by atoms with Crippen LogP contribution in [0.25, 0.3) is 12.7 Å². The number of hydrogen-bond donors (Lipinski definition) is 0. The first-order valence-corrected chi connectivity index (χ1v) is 3.95. The number of nitrogens with zero attached hydrogens (tertiary/aromatic N) is 1. The maximum atomic E-state index is 4.19. The molecule has 0 saturated heterocycles. The lowest BCUT2D eigenvalue weighted by Gasteiger charge is -1.86. The molecular weight excluding hydrogens is 146 g/mol. The lowest BCUT2D eigenvalue weighted by atomic mass is 10.3. The third-order valence-electron chi connectivity index (χ3n) is 1.50. The van der Waals surface area contributed by atoms with Gasteiger partial charge < -0.3 is 0 Å². The average molecular weight is 159 g/mol. The van der Waals surface area contributed by atoms with Gasteiger partial charge in [0.15, 0.2) is 0 Å². The Hall–Kier alpha value is -1.37. The Labute approximate surface area is 72.8 Å². The third kappa shape index (κ3) is 2.35. The van der Waals surface area contributed by atoms with Crippen molar-refractivity contribution in [1.82, 2.24) is 4.98 Å². The van der Waals surface area contributed by atoms with Gasteiger partial charge in [0.25, 0.3) is 0 Å². The van der Waals surface area contributed by atoms with Crippen molar-refractivity contribution in [2.75, 3.05) is 0 Å². The van der Waals surface area contributed by atoms with Gasteiger partial charge in [-0.05, 0) is 31.2 Å². The zero-order chi connectivity index (χ0) is 8.97. The van der Waals surface area contributed by atoms with E-state index in [1.807, 2.05) is 24.3 Å². The minimum atomic E-state index is 0.943. The highest BCUT2D eigenvalue weighted by Crippen LogP contribution is 1.86. The SMILES string of the molecule is C=c1cccn/c1=C/C=C(C)C. The number of aromatic nitrogens is 1. The molecule has 0 amide bonds. The van der Waals surface area contributed by atoms with Gasteiger partial charge in [-0.1, -0.05) is 24.3 Å². The molecule has 1 nitrogen and oxygen atoms in total. The topological polar surface area (TPSA) is 12.9 Å². The molecule has 0 spiro atoms. The number of rotatable bonds is 1. The van der Waals surface area contributed by atoms with Gasteiger partial charge >= 0.3 is 0 Å². The first-order chi connectivity index (χ1) is 5.70. The van der Waals surface area contributed by atoms with Crippen LogP contribution in [-0.2, 0) is 0 Å². The highest BCUT2D eigenvalue weighted by Gasteiger charge is 1.79. The molecule has 0 N–H and O–H groups in total. The van der Waals surface area contributed by atoms with E-state index in [9.17, 15) is 0 Å². The molecule has 0 fully saturated rings. The van der Waals surface area contributed by atoms with Crippen LogP contribution in [0.5, 0.6) is 0 Å². The fourth-order valence-electron chi connectivity index (χ4n) is 0.846. The summed E-state index contributed by atoms with van der Waals surface area (Å²) in [5.41, 5.74) is 1.26. The lowest BCUT2D eigenvalue weighted by Crippen LogP contribution is -2.25. The summed E-state index contributed by atoms with van der Waals surface area (Å²) < 4.78 is 0. The fourth-order valence-corrected chi connectivity index (χ4v) is 0.846. The molecule has 0 aliphatic carbocycles. The van der Waals surface area contributed by atoms with Crippen LogP contribution in [0.1, 0.15) is 13.8 Å². The van der Waals surface area contributed by atoms with E-state index in [0.29, 0.717) is 0 Å². The van der Waals surface area contributed by atoms with E-state index in [4.69, 9.17) is 0 Å². The molecule has 62 valence electrons. The first kappa shape index (κ1) is 8.72. The second-order valence-electron chi connectivity index (χ2n) is 2.96.